The van der Waals surface area contributed by atoms with E-state index in [4.69, 9.17) is 4.42 Å². The summed E-state index contributed by atoms with van der Waals surface area (Å²) in [5.74, 6) is 3.61. The van der Waals surface area contributed by atoms with Gasteiger partial charge in [0.25, 0.3) is 5.91 Å². The molecule has 6 aliphatic rings. The number of benzene rings is 1. The lowest BCUT2D eigenvalue weighted by Crippen LogP contribution is -2.56. The molecule has 270 valence electrons. The first-order valence-corrected chi connectivity index (χ1v) is 19.3. The third-order valence-corrected chi connectivity index (χ3v) is 15.7. The summed E-state index contributed by atoms with van der Waals surface area (Å²) in [5.41, 5.74) is 2.18. The minimum atomic E-state index is -0.594. The Morgan fingerprint density at radius 2 is 1.90 bits per heavy atom. The van der Waals surface area contributed by atoms with Gasteiger partial charge in [-0.25, -0.2) is 9.78 Å². The second-order valence-electron chi connectivity index (χ2n) is 17.8. The van der Waals surface area contributed by atoms with Crippen molar-refractivity contribution in [3.05, 3.63) is 53.2 Å². The van der Waals surface area contributed by atoms with Gasteiger partial charge in [-0.2, -0.15) is 0 Å². The lowest BCUT2D eigenvalue weighted by molar-refractivity contribution is -0.154. The summed E-state index contributed by atoms with van der Waals surface area (Å²) in [6, 6.07) is 7.49. The van der Waals surface area contributed by atoms with Crippen molar-refractivity contribution in [1.82, 2.24) is 15.6 Å². The van der Waals surface area contributed by atoms with Crippen molar-refractivity contribution in [2.24, 2.45) is 57.2 Å². The van der Waals surface area contributed by atoms with Gasteiger partial charge in [0.15, 0.2) is 5.69 Å². The van der Waals surface area contributed by atoms with Crippen LogP contribution in [0.5, 0.6) is 0 Å². The molecule has 0 saturated heterocycles. The van der Waals surface area contributed by atoms with Gasteiger partial charge in [-0.1, -0.05) is 39.3 Å². The largest absolute Gasteiger partial charge is 0.464 e. The molecule has 50 heavy (non-hydrogen) atoms. The van der Waals surface area contributed by atoms with Gasteiger partial charge in [0, 0.05) is 12.1 Å². The molecule has 1 aromatic carbocycles. The maximum atomic E-state index is 14.2. The summed E-state index contributed by atoms with van der Waals surface area (Å²) < 4.78 is 9.92. The lowest BCUT2D eigenvalue weighted by atomic mass is 9.44. The minimum Gasteiger partial charge on any atom is -0.464 e. The molecule has 2 aromatic rings. The molecular formula is C41H55N3O6. The van der Waals surface area contributed by atoms with Crippen LogP contribution in [0.3, 0.4) is 0 Å². The lowest BCUT2D eigenvalue weighted by Gasteiger charge is -2.61. The SMILES string of the molecule is COC(=O)c1coc(CNC(=O)c2cccc(CCNC(=O)C34CCCC3C3CC5CC67CCC(O)C(C)(C)C6C[C@@H](C)C5(C7)C3CC4)c2)n1. The predicted octanol–water partition coefficient (Wildman–Crippen LogP) is 6.49. The van der Waals surface area contributed by atoms with Gasteiger partial charge in [0.05, 0.1) is 25.2 Å². The third kappa shape index (κ3) is 5.02. The van der Waals surface area contributed by atoms with Gasteiger partial charge >= 0.3 is 5.97 Å². The maximum absolute atomic E-state index is 14.2. The fourth-order valence-electron chi connectivity index (χ4n) is 13.6. The molecule has 2 amide bonds. The number of carbonyl (C=O) groups excluding carboxylic acids is 3. The van der Waals surface area contributed by atoms with Crippen LogP contribution in [0.15, 0.2) is 34.9 Å². The van der Waals surface area contributed by atoms with Crippen LogP contribution < -0.4 is 10.6 Å². The molecule has 9 unspecified atom stereocenters. The number of nitrogens with zero attached hydrogens (tertiary/aromatic N) is 1. The summed E-state index contributed by atoms with van der Waals surface area (Å²) in [7, 11) is 1.27. The van der Waals surface area contributed by atoms with Crippen molar-refractivity contribution < 1.29 is 28.6 Å². The van der Waals surface area contributed by atoms with E-state index in [1.807, 2.05) is 18.2 Å². The van der Waals surface area contributed by atoms with Gasteiger partial charge in [-0.15, -0.1) is 0 Å². The first kappa shape index (κ1) is 33.9. The van der Waals surface area contributed by atoms with E-state index in [-0.39, 0.29) is 46.9 Å². The number of rotatable bonds is 8. The molecule has 0 radical (unpaired) electrons. The summed E-state index contributed by atoms with van der Waals surface area (Å²) in [6.07, 6.45) is 14.7. The summed E-state index contributed by atoms with van der Waals surface area (Å²) in [4.78, 5) is 42.8. The van der Waals surface area contributed by atoms with Crippen LogP contribution in [-0.2, 0) is 22.5 Å². The average Bonchev–Trinajstić information content (AvgIpc) is 3.88. The molecule has 9 nitrogen and oxygen atoms in total. The van der Waals surface area contributed by atoms with Crippen LogP contribution in [0.4, 0.5) is 0 Å². The Balaban J connectivity index is 0.893. The van der Waals surface area contributed by atoms with E-state index in [1.54, 1.807) is 6.07 Å². The minimum absolute atomic E-state index is 0.00191. The van der Waals surface area contributed by atoms with Gasteiger partial charge in [-0.05, 0) is 140 Å². The van der Waals surface area contributed by atoms with E-state index in [1.165, 1.54) is 58.3 Å². The zero-order chi connectivity index (χ0) is 35.1. The van der Waals surface area contributed by atoms with Crippen LogP contribution in [0.2, 0.25) is 0 Å². The molecule has 8 rings (SSSR count). The average molecular weight is 686 g/mol. The molecular weight excluding hydrogens is 630 g/mol. The highest BCUT2D eigenvalue weighted by molar-refractivity contribution is 5.94. The Kier molecular flexibility index (Phi) is 8.28. The van der Waals surface area contributed by atoms with Gasteiger partial charge < -0.3 is 24.9 Å². The van der Waals surface area contributed by atoms with Crippen molar-refractivity contribution in [2.45, 2.75) is 110 Å². The second kappa shape index (κ2) is 12.2. The highest BCUT2D eigenvalue weighted by atomic mass is 16.5. The summed E-state index contributed by atoms with van der Waals surface area (Å²) in [5, 5.41) is 17.2. The molecule has 2 spiro atoms. The molecule has 3 N–H and O–H groups in total. The number of methoxy groups -OCH3 is 1. The highest BCUT2D eigenvalue weighted by Gasteiger charge is 2.74. The molecule has 2 bridgehead atoms. The third-order valence-electron chi connectivity index (χ3n) is 15.7. The number of aromatic nitrogens is 1. The number of hydrogen-bond acceptors (Lipinski definition) is 7. The number of aliphatic hydroxyl groups is 1. The molecule has 6 fully saturated rings. The topological polar surface area (TPSA) is 131 Å². The monoisotopic (exact) mass is 685 g/mol. The number of amides is 2. The first-order valence-electron chi connectivity index (χ1n) is 19.3. The van der Waals surface area contributed by atoms with E-state index in [2.05, 4.69) is 41.1 Å². The number of nitrogens with one attached hydrogen (secondary N) is 2. The number of carbonyl (C=O) groups is 3. The molecule has 0 aliphatic heterocycles. The van der Waals surface area contributed by atoms with E-state index < -0.39 is 5.97 Å². The van der Waals surface area contributed by atoms with Gasteiger partial charge in [0.1, 0.15) is 6.26 Å². The Labute approximate surface area is 296 Å². The molecule has 6 saturated carbocycles. The number of hydrogen-bond donors (Lipinski definition) is 3. The molecule has 1 aromatic heterocycles. The fraction of sp³-hybridized carbons (Fsp3) is 0.707. The Morgan fingerprint density at radius 1 is 1.06 bits per heavy atom. The fourth-order valence-corrected chi connectivity index (χ4v) is 13.6. The van der Waals surface area contributed by atoms with Gasteiger partial charge in [-0.3, -0.25) is 9.59 Å². The number of fused-ring (bicyclic) bond motifs is 3. The van der Waals surface area contributed by atoms with E-state index in [0.717, 1.165) is 43.1 Å². The Hall–Kier alpha value is -3.20. The van der Waals surface area contributed by atoms with Crippen LogP contribution in [0.1, 0.15) is 124 Å². The molecule has 6 aliphatic carbocycles. The highest BCUT2D eigenvalue weighted by Crippen LogP contribution is 2.80. The molecule has 1 heterocycles. The van der Waals surface area contributed by atoms with E-state index in [9.17, 15) is 19.5 Å². The van der Waals surface area contributed by atoms with E-state index >= 15 is 0 Å². The quantitative estimate of drug-likeness (QED) is 0.271. The van der Waals surface area contributed by atoms with Crippen LogP contribution >= 0.6 is 0 Å². The maximum Gasteiger partial charge on any atom is 0.360 e. The number of ether oxygens (including phenoxy) is 1. The second-order valence-corrected chi connectivity index (χ2v) is 17.8. The number of oxazole rings is 1. The van der Waals surface area contributed by atoms with Crippen molar-refractivity contribution in [3.63, 3.8) is 0 Å². The summed E-state index contributed by atoms with van der Waals surface area (Å²) >= 11 is 0. The molecule has 9 heteroatoms. The Morgan fingerprint density at radius 3 is 2.72 bits per heavy atom. The van der Waals surface area contributed by atoms with Crippen molar-refractivity contribution in [3.8, 4) is 0 Å². The van der Waals surface area contributed by atoms with Crippen molar-refractivity contribution in [2.75, 3.05) is 13.7 Å². The Bertz CT molecular complexity index is 1670. The predicted molar refractivity (Wildman–Crippen MR) is 187 cm³/mol. The number of aliphatic hydroxyl groups excluding tert-OH is 1. The normalized spacial score (nSPS) is 39.1. The molecule has 10 atom stereocenters. The first-order chi connectivity index (χ1) is 23.9. The van der Waals surface area contributed by atoms with Crippen LogP contribution in [0, 0.1) is 57.2 Å². The van der Waals surface area contributed by atoms with Crippen LogP contribution in [0.25, 0.3) is 0 Å². The van der Waals surface area contributed by atoms with E-state index in [0.29, 0.717) is 53.0 Å². The van der Waals surface area contributed by atoms with Crippen LogP contribution in [-0.4, -0.2) is 47.6 Å². The van der Waals surface area contributed by atoms with Gasteiger partial charge in [0.2, 0.25) is 11.8 Å². The zero-order valence-corrected chi connectivity index (χ0v) is 30.3. The standard InChI is InChI=1S/C41H55N3O6/c1-24-17-32-38(2,3)33(45)11-14-39(32)20-27-19-28-29-9-6-13-40(29,15-10-30(28)41(24,27)23-39)37(48)42-16-12-25-7-5-8-26(18-25)35(46)43-21-34-44-31(22-50-34)36(47)49-4/h5,7-8,18,22,24,27-30,32-33,45H,6,9-17,19-21,23H2,1-4H3,(H,42,48)(H,43,46)/t24-,27?,28?,29?,30?,32?,33?,39?,40?,41?/m1/s1. The summed E-state index contributed by atoms with van der Waals surface area (Å²) in [6.45, 7) is 7.84. The van der Waals surface area contributed by atoms with Crippen molar-refractivity contribution in [1.29, 1.82) is 0 Å². The zero-order valence-electron chi connectivity index (χ0n) is 30.3. The van der Waals surface area contributed by atoms with Crippen molar-refractivity contribution >= 4 is 17.8 Å². The number of esters is 1. The smallest absolute Gasteiger partial charge is 0.360 e.